The van der Waals surface area contributed by atoms with Crippen LogP contribution < -0.4 is 15.0 Å². The zero-order valence-corrected chi connectivity index (χ0v) is 18.8. The van der Waals surface area contributed by atoms with E-state index in [9.17, 15) is 14.4 Å². The highest BCUT2D eigenvalue weighted by Crippen LogP contribution is 2.26. The van der Waals surface area contributed by atoms with Crippen molar-refractivity contribution in [3.8, 4) is 5.75 Å². The van der Waals surface area contributed by atoms with Gasteiger partial charge in [0.25, 0.3) is 11.8 Å². The van der Waals surface area contributed by atoms with E-state index in [-0.39, 0.29) is 5.57 Å². The zero-order chi connectivity index (χ0) is 23.5. The van der Waals surface area contributed by atoms with E-state index >= 15 is 0 Å². The average molecular weight is 461 g/mol. The summed E-state index contributed by atoms with van der Waals surface area (Å²) >= 11 is 6.15. The molecule has 4 rings (SSSR count). The van der Waals surface area contributed by atoms with E-state index in [1.54, 1.807) is 36.4 Å². The first kappa shape index (κ1) is 22.3. The molecule has 7 heteroatoms. The number of hydrogen-bond acceptors (Lipinski definition) is 4. The number of hydrogen-bond donors (Lipinski definition) is 1. The number of benzene rings is 3. The first-order valence-corrected chi connectivity index (χ1v) is 10.7. The van der Waals surface area contributed by atoms with E-state index in [1.165, 1.54) is 6.08 Å². The number of barbiturate groups is 1. The maximum absolute atomic E-state index is 13.1. The van der Waals surface area contributed by atoms with Crippen molar-refractivity contribution in [2.75, 3.05) is 4.90 Å². The standard InChI is InChI=1S/C26H21ClN2O4/c1-16-7-12-23(17(2)13-16)29-25(31)21(24(30)28-26(29)32)14-18-8-10-20(11-9-18)33-15-19-5-3-4-6-22(19)27/h3-14H,15H2,1-2H3,(H,28,30,32). The molecule has 0 aromatic heterocycles. The van der Waals surface area contributed by atoms with Gasteiger partial charge in [-0.2, -0.15) is 0 Å². The third-order valence-corrected chi connectivity index (χ3v) is 5.61. The number of nitrogens with zero attached hydrogens (tertiary/aromatic N) is 1. The lowest BCUT2D eigenvalue weighted by Gasteiger charge is -2.27. The van der Waals surface area contributed by atoms with Gasteiger partial charge in [-0.3, -0.25) is 14.9 Å². The molecule has 0 atom stereocenters. The summed E-state index contributed by atoms with van der Waals surface area (Å²) in [6.07, 6.45) is 1.46. The van der Waals surface area contributed by atoms with Crippen LogP contribution in [0, 0.1) is 13.8 Å². The summed E-state index contributed by atoms with van der Waals surface area (Å²) in [7, 11) is 0. The fraction of sp³-hybridized carbons (Fsp3) is 0.115. The van der Waals surface area contributed by atoms with E-state index in [4.69, 9.17) is 16.3 Å². The van der Waals surface area contributed by atoms with Crippen LogP contribution in [0.4, 0.5) is 10.5 Å². The van der Waals surface area contributed by atoms with Crippen molar-refractivity contribution in [1.82, 2.24) is 5.32 Å². The summed E-state index contributed by atoms with van der Waals surface area (Å²) in [6.45, 7) is 4.05. The SMILES string of the molecule is Cc1ccc(N2C(=O)NC(=O)C(=Cc3ccc(OCc4ccccc4Cl)cc3)C2=O)c(C)c1. The van der Waals surface area contributed by atoms with Crippen molar-refractivity contribution in [2.24, 2.45) is 0 Å². The molecule has 3 aromatic carbocycles. The number of ether oxygens (including phenoxy) is 1. The molecule has 1 aliphatic rings. The van der Waals surface area contributed by atoms with Crippen molar-refractivity contribution in [2.45, 2.75) is 20.5 Å². The van der Waals surface area contributed by atoms with Crippen LogP contribution in [-0.4, -0.2) is 17.8 Å². The largest absolute Gasteiger partial charge is 0.489 e. The van der Waals surface area contributed by atoms with Crippen molar-refractivity contribution in [3.63, 3.8) is 0 Å². The number of aryl methyl sites for hydroxylation is 2. The Morgan fingerprint density at radius 3 is 2.39 bits per heavy atom. The molecule has 166 valence electrons. The van der Waals surface area contributed by atoms with E-state index in [0.29, 0.717) is 28.6 Å². The highest BCUT2D eigenvalue weighted by atomic mass is 35.5. The molecule has 0 saturated carbocycles. The van der Waals surface area contributed by atoms with Crippen LogP contribution in [0.15, 0.2) is 72.3 Å². The summed E-state index contributed by atoms with van der Waals surface area (Å²) < 4.78 is 5.77. The van der Waals surface area contributed by atoms with Crippen molar-refractivity contribution in [1.29, 1.82) is 0 Å². The van der Waals surface area contributed by atoms with E-state index < -0.39 is 17.8 Å². The van der Waals surface area contributed by atoms with E-state index in [2.05, 4.69) is 5.32 Å². The minimum absolute atomic E-state index is 0.126. The van der Waals surface area contributed by atoms with Crippen LogP contribution in [0.2, 0.25) is 5.02 Å². The van der Waals surface area contributed by atoms with Gasteiger partial charge in [0.05, 0.1) is 5.69 Å². The van der Waals surface area contributed by atoms with Gasteiger partial charge in [0.2, 0.25) is 0 Å². The number of imide groups is 2. The van der Waals surface area contributed by atoms with E-state index in [0.717, 1.165) is 21.6 Å². The van der Waals surface area contributed by atoms with E-state index in [1.807, 2.05) is 44.2 Å². The zero-order valence-electron chi connectivity index (χ0n) is 18.1. The summed E-state index contributed by atoms with van der Waals surface area (Å²) in [6, 6.07) is 19.0. The first-order valence-electron chi connectivity index (χ1n) is 10.3. The van der Waals surface area contributed by atoms with Crippen LogP contribution in [0.1, 0.15) is 22.3 Å². The van der Waals surface area contributed by atoms with Crippen molar-refractivity contribution < 1.29 is 19.1 Å². The van der Waals surface area contributed by atoms with Crippen molar-refractivity contribution >= 4 is 41.2 Å². The van der Waals surface area contributed by atoms with Crippen LogP contribution in [0.5, 0.6) is 5.75 Å². The molecule has 1 saturated heterocycles. The van der Waals surface area contributed by atoms with Crippen LogP contribution in [0.3, 0.4) is 0 Å². The second-order valence-corrected chi connectivity index (χ2v) is 8.10. The third kappa shape index (κ3) is 4.81. The van der Waals surface area contributed by atoms with Gasteiger partial charge in [0, 0.05) is 10.6 Å². The predicted molar refractivity (Wildman–Crippen MR) is 127 cm³/mol. The number of rotatable bonds is 5. The highest BCUT2D eigenvalue weighted by molar-refractivity contribution is 6.39. The molecule has 0 unspecified atom stereocenters. The minimum Gasteiger partial charge on any atom is -0.489 e. The van der Waals surface area contributed by atoms with Crippen molar-refractivity contribution in [3.05, 3.63) is 99.6 Å². The fourth-order valence-corrected chi connectivity index (χ4v) is 3.73. The van der Waals surface area contributed by atoms with Gasteiger partial charge in [0.1, 0.15) is 17.9 Å². The van der Waals surface area contributed by atoms with Crippen LogP contribution in [0.25, 0.3) is 6.08 Å². The lowest BCUT2D eigenvalue weighted by Crippen LogP contribution is -2.54. The van der Waals surface area contributed by atoms with Gasteiger partial charge in [0.15, 0.2) is 0 Å². The minimum atomic E-state index is -0.766. The Bertz CT molecular complexity index is 1280. The van der Waals surface area contributed by atoms with Crippen LogP contribution in [-0.2, 0) is 16.2 Å². The summed E-state index contributed by atoms with van der Waals surface area (Å²) in [5.74, 6) is -0.789. The third-order valence-electron chi connectivity index (χ3n) is 5.24. The Morgan fingerprint density at radius 2 is 1.70 bits per heavy atom. The Kier molecular flexibility index (Phi) is 6.29. The Hall–Kier alpha value is -3.90. The number of carbonyl (C=O) groups is 3. The number of amides is 4. The molecule has 1 heterocycles. The molecule has 0 aliphatic carbocycles. The van der Waals surface area contributed by atoms with Gasteiger partial charge in [-0.1, -0.05) is 59.6 Å². The normalized spacial score (nSPS) is 15.1. The first-order chi connectivity index (χ1) is 15.8. The maximum atomic E-state index is 13.1. The van der Waals surface area contributed by atoms with Crippen LogP contribution >= 0.6 is 11.6 Å². The second-order valence-electron chi connectivity index (χ2n) is 7.70. The highest BCUT2D eigenvalue weighted by Gasteiger charge is 2.37. The number of anilines is 1. The van der Waals surface area contributed by atoms with Gasteiger partial charge in [-0.15, -0.1) is 0 Å². The monoisotopic (exact) mass is 460 g/mol. The van der Waals surface area contributed by atoms with Gasteiger partial charge in [-0.05, 0) is 55.3 Å². The molecule has 0 radical (unpaired) electrons. The fourth-order valence-electron chi connectivity index (χ4n) is 3.54. The molecule has 4 amide bonds. The molecular weight excluding hydrogens is 440 g/mol. The molecule has 1 fully saturated rings. The van der Waals surface area contributed by atoms with Gasteiger partial charge < -0.3 is 4.74 Å². The number of halogens is 1. The lowest BCUT2D eigenvalue weighted by atomic mass is 10.0. The molecule has 0 bridgehead atoms. The smallest absolute Gasteiger partial charge is 0.335 e. The molecule has 0 spiro atoms. The second kappa shape index (κ2) is 9.30. The molecule has 33 heavy (non-hydrogen) atoms. The molecule has 1 aliphatic heterocycles. The summed E-state index contributed by atoms with van der Waals surface area (Å²) in [4.78, 5) is 38.9. The average Bonchev–Trinajstić information content (AvgIpc) is 2.78. The number of carbonyl (C=O) groups excluding carboxylic acids is 3. The van der Waals surface area contributed by atoms with Gasteiger partial charge in [-0.25, -0.2) is 9.69 Å². The molecular formula is C26H21ClN2O4. The van der Waals surface area contributed by atoms with Gasteiger partial charge >= 0.3 is 6.03 Å². The molecule has 1 N–H and O–H groups in total. The maximum Gasteiger partial charge on any atom is 0.335 e. The summed E-state index contributed by atoms with van der Waals surface area (Å²) in [5.41, 5.74) is 3.56. The lowest BCUT2D eigenvalue weighted by molar-refractivity contribution is -0.122. The Balaban J connectivity index is 1.54. The summed E-state index contributed by atoms with van der Waals surface area (Å²) in [5, 5.41) is 2.88. The number of urea groups is 1. The number of nitrogens with one attached hydrogen (secondary N) is 1. The molecule has 3 aromatic rings. The Morgan fingerprint density at radius 1 is 0.970 bits per heavy atom. The quantitative estimate of drug-likeness (QED) is 0.419. The Labute approximate surface area is 196 Å². The predicted octanol–water partition coefficient (Wildman–Crippen LogP) is 5.20. The molecule has 6 nitrogen and oxygen atoms in total. The topological polar surface area (TPSA) is 75.7 Å².